The zero-order valence-corrected chi connectivity index (χ0v) is 10.5. The van der Waals surface area contributed by atoms with Gasteiger partial charge in [-0.25, -0.2) is 5.48 Å². The fourth-order valence-corrected chi connectivity index (χ4v) is 1.80. The van der Waals surface area contributed by atoms with Crippen molar-refractivity contribution in [1.82, 2.24) is 10.0 Å². The Kier molecular flexibility index (Phi) is 3.64. The number of hydrogen-bond acceptors (Lipinski definition) is 3. The van der Waals surface area contributed by atoms with E-state index in [0.29, 0.717) is 5.69 Å². The summed E-state index contributed by atoms with van der Waals surface area (Å²) in [5.41, 5.74) is 9.48. The number of hydrogen-bond donors (Lipinski definition) is 2. The van der Waals surface area contributed by atoms with Gasteiger partial charge in [0.2, 0.25) is 0 Å². The van der Waals surface area contributed by atoms with Crippen LogP contribution >= 0.6 is 0 Å². The van der Waals surface area contributed by atoms with Crippen LogP contribution in [0.1, 0.15) is 17.4 Å². The Hall–Kier alpha value is -1.85. The largest absolute Gasteiger partial charge is 0.340 e. The normalized spacial score (nSPS) is 12.6. The molecule has 2 rings (SSSR count). The number of para-hydroxylation sites is 1. The molecule has 0 aliphatic rings. The average molecular weight is 247 g/mol. The van der Waals surface area contributed by atoms with Gasteiger partial charge in [0, 0.05) is 24.0 Å². The second kappa shape index (κ2) is 5.20. The number of aryl methyl sites for hydroxylation is 1. The lowest BCUT2D eigenvalue weighted by Gasteiger charge is -2.08. The molecule has 2 aromatic rings. The summed E-state index contributed by atoms with van der Waals surface area (Å²) in [6.07, 6.45) is 0. The highest BCUT2D eigenvalue weighted by Crippen LogP contribution is 2.17. The van der Waals surface area contributed by atoms with Gasteiger partial charge in [-0.3, -0.25) is 9.63 Å². The Labute approximate surface area is 105 Å². The van der Waals surface area contributed by atoms with Gasteiger partial charge in [0.05, 0.1) is 6.61 Å². The molecule has 0 spiro atoms. The second-order valence-electron chi connectivity index (χ2n) is 4.37. The van der Waals surface area contributed by atoms with Crippen molar-refractivity contribution in [3.63, 3.8) is 0 Å². The SMILES string of the molecule is CC(N)CONC(=O)c1cc2ccccc2n1C. The number of fused-ring (bicyclic) bond motifs is 1. The van der Waals surface area contributed by atoms with Gasteiger partial charge in [0.1, 0.15) is 5.69 Å². The highest BCUT2D eigenvalue weighted by molar-refractivity contribution is 5.98. The molecule has 1 unspecified atom stereocenters. The molecule has 1 aromatic carbocycles. The first-order valence-electron chi connectivity index (χ1n) is 5.81. The van der Waals surface area contributed by atoms with Gasteiger partial charge in [-0.15, -0.1) is 0 Å². The van der Waals surface area contributed by atoms with E-state index in [9.17, 15) is 4.79 Å². The Morgan fingerprint density at radius 3 is 2.89 bits per heavy atom. The molecular weight excluding hydrogens is 230 g/mol. The standard InChI is InChI=1S/C13H17N3O2/c1-9(14)8-18-15-13(17)12-7-10-5-3-4-6-11(10)16(12)2/h3-7,9H,8,14H2,1-2H3,(H,15,17). The molecular formula is C13H17N3O2. The van der Waals surface area contributed by atoms with E-state index in [4.69, 9.17) is 10.6 Å². The Morgan fingerprint density at radius 1 is 1.50 bits per heavy atom. The van der Waals surface area contributed by atoms with Crippen LogP contribution in [0.15, 0.2) is 30.3 Å². The lowest BCUT2D eigenvalue weighted by Crippen LogP contribution is -2.31. The highest BCUT2D eigenvalue weighted by atomic mass is 16.7. The molecule has 1 aromatic heterocycles. The van der Waals surface area contributed by atoms with Crippen LogP contribution in [0.25, 0.3) is 10.9 Å². The van der Waals surface area contributed by atoms with E-state index in [-0.39, 0.29) is 18.6 Å². The molecule has 1 heterocycles. The number of rotatable bonds is 4. The molecule has 18 heavy (non-hydrogen) atoms. The number of aromatic nitrogens is 1. The minimum atomic E-state index is -0.269. The first-order valence-corrected chi connectivity index (χ1v) is 5.81. The van der Waals surface area contributed by atoms with Crippen molar-refractivity contribution in [3.05, 3.63) is 36.0 Å². The van der Waals surface area contributed by atoms with Gasteiger partial charge < -0.3 is 10.3 Å². The van der Waals surface area contributed by atoms with Gasteiger partial charge in [-0.1, -0.05) is 18.2 Å². The number of benzene rings is 1. The van der Waals surface area contributed by atoms with Gasteiger partial charge in [-0.05, 0) is 19.1 Å². The van der Waals surface area contributed by atoms with Crippen molar-refractivity contribution in [2.75, 3.05) is 6.61 Å². The first kappa shape index (κ1) is 12.6. The molecule has 5 nitrogen and oxygen atoms in total. The first-order chi connectivity index (χ1) is 8.59. The van der Waals surface area contributed by atoms with E-state index in [1.54, 1.807) is 0 Å². The van der Waals surface area contributed by atoms with Gasteiger partial charge in [-0.2, -0.15) is 0 Å². The third-order valence-corrected chi connectivity index (χ3v) is 2.70. The molecule has 0 saturated heterocycles. The van der Waals surface area contributed by atoms with E-state index in [2.05, 4.69) is 5.48 Å². The van der Waals surface area contributed by atoms with Crippen LogP contribution in [0.2, 0.25) is 0 Å². The molecule has 0 saturated carbocycles. The predicted octanol–water partition coefficient (Wildman–Crippen LogP) is 1.19. The maximum absolute atomic E-state index is 11.9. The fraction of sp³-hybridized carbons (Fsp3) is 0.308. The van der Waals surface area contributed by atoms with Crippen LogP contribution in [0.3, 0.4) is 0 Å². The minimum absolute atomic E-state index is 0.113. The van der Waals surface area contributed by atoms with Crippen molar-refractivity contribution < 1.29 is 9.63 Å². The lowest BCUT2D eigenvalue weighted by atomic mass is 10.2. The molecule has 0 radical (unpaired) electrons. The van der Waals surface area contributed by atoms with Crippen molar-refractivity contribution in [2.45, 2.75) is 13.0 Å². The summed E-state index contributed by atoms with van der Waals surface area (Å²) >= 11 is 0. The summed E-state index contributed by atoms with van der Waals surface area (Å²) in [5.74, 6) is -0.269. The molecule has 0 bridgehead atoms. The third-order valence-electron chi connectivity index (χ3n) is 2.70. The van der Waals surface area contributed by atoms with Crippen LogP contribution in [0, 0.1) is 0 Å². The van der Waals surface area contributed by atoms with Crippen LogP contribution in [-0.4, -0.2) is 23.1 Å². The van der Waals surface area contributed by atoms with Crippen molar-refractivity contribution in [1.29, 1.82) is 0 Å². The predicted molar refractivity (Wildman–Crippen MR) is 70.0 cm³/mol. The zero-order valence-electron chi connectivity index (χ0n) is 10.5. The van der Waals surface area contributed by atoms with Crippen LogP contribution in [0.4, 0.5) is 0 Å². The molecule has 0 aliphatic carbocycles. The lowest BCUT2D eigenvalue weighted by molar-refractivity contribution is 0.0269. The molecule has 0 fully saturated rings. The summed E-state index contributed by atoms with van der Waals surface area (Å²) in [5, 5.41) is 1.03. The van der Waals surface area contributed by atoms with Crippen molar-refractivity contribution in [3.8, 4) is 0 Å². The van der Waals surface area contributed by atoms with E-state index >= 15 is 0 Å². The summed E-state index contributed by atoms with van der Waals surface area (Å²) in [7, 11) is 1.85. The highest BCUT2D eigenvalue weighted by Gasteiger charge is 2.12. The topological polar surface area (TPSA) is 69.3 Å². The Balaban J connectivity index is 2.15. The quantitative estimate of drug-likeness (QED) is 0.797. The number of hydroxylamine groups is 1. The second-order valence-corrected chi connectivity index (χ2v) is 4.37. The van der Waals surface area contributed by atoms with E-state index < -0.39 is 0 Å². The number of nitrogens with zero attached hydrogens (tertiary/aromatic N) is 1. The minimum Gasteiger partial charge on any atom is -0.340 e. The van der Waals surface area contributed by atoms with E-state index in [1.165, 1.54) is 0 Å². The van der Waals surface area contributed by atoms with Gasteiger partial charge in [0.25, 0.3) is 5.91 Å². The molecule has 1 amide bonds. The third kappa shape index (κ3) is 2.52. The number of nitrogens with two attached hydrogens (primary N) is 1. The Bertz CT molecular complexity index is 560. The maximum atomic E-state index is 11.9. The van der Waals surface area contributed by atoms with Gasteiger partial charge in [0.15, 0.2) is 0 Å². The molecule has 1 atom stereocenters. The number of carbonyl (C=O) groups is 1. The number of amides is 1. The summed E-state index contributed by atoms with van der Waals surface area (Å²) in [6, 6.07) is 9.54. The molecule has 5 heteroatoms. The summed E-state index contributed by atoms with van der Waals surface area (Å²) in [6.45, 7) is 2.10. The molecule has 3 N–H and O–H groups in total. The van der Waals surface area contributed by atoms with E-state index in [0.717, 1.165) is 10.9 Å². The van der Waals surface area contributed by atoms with Crippen molar-refractivity contribution >= 4 is 16.8 Å². The van der Waals surface area contributed by atoms with Crippen molar-refractivity contribution in [2.24, 2.45) is 12.8 Å². The average Bonchev–Trinajstić information content (AvgIpc) is 2.67. The zero-order chi connectivity index (χ0) is 13.1. The van der Waals surface area contributed by atoms with Crippen LogP contribution < -0.4 is 11.2 Å². The van der Waals surface area contributed by atoms with E-state index in [1.807, 2.05) is 48.9 Å². The molecule has 96 valence electrons. The fourth-order valence-electron chi connectivity index (χ4n) is 1.80. The van der Waals surface area contributed by atoms with Gasteiger partial charge >= 0.3 is 0 Å². The summed E-state index contributed by atoms with van der Waals surface area (Å²) in [4.78, 5) is 16.9. The van der Waals surface area contributed by atoms with Crippen LogP contribution in [0.5, 0.6) is 0 Å². The summed E-state index contributed by atoms with van der Waals surface area (Å²) < 4.78 is 1.83. The monoisotopic (exact) mass is 247 g/mol. The molecule has 0 aliphatic heterocycles. The number of nitrogens with one attached hydrogen (secondary N) is 1. The smallest absolute Gasteiger partial charge is 0.291 e. The maximum Gasteiger partial charge on any atom is 0.291 e. The Morgan fingerprint density at radius 2 is 2.22 bits per heavy atom. The number of carbonyl (C=O) groups excluding carboxylic acids is 1. The van der Waals surface area contributed by atoms with Crippen LogP contribution in [-0.2, 0) is 11.9 Å².